The number of methoxy groups -OCH3 is 3. The third-order valence-electron chi connectivity index (χ3n) is 15.1. The van der Waals surface area contributed by atoms with Crippen LogP contribution in [0.25, 0.3) is 0 Å². The van der Waals surface area contributed by atoms with E-state index in [0.717, 1.165) is 48.8 Å². The van der Waals surface area contributed by atoms with Crippen molar-refractivity contribution in [1.82, 2.24) is 4.90 Å². The van der Waals surface area contributed by atoms with E-state index in [9.17, 15) is 19.8 Å². The quantitative estimate of drug-likeness (QED) is 0.153. The fourth-order valence-corrected chi connectivity index (χ4v) is 12.1. The molecule has 3 saturated carbocycles. The first-order valence-electron chi connectivity index (χ1n) is 19.9. The van der Waals surface area contributed by atoms with Crippen molar-refractivity contribution in [3.63, 3.8) is 0 Å². The summed E-state index contributed by atoms with van der Waals surface area (Å²) in [4.78, 5) is 31.2. The molecule has 8 unspecified atom stereocenters. The van der Waals surface area contributed by atoms with Crippen LogP contribution in [0, 0.1) is 33.5 Å². The molecule has 2 spiro atoms. The number of carbonyl (C=O) groups excluding carboxylic acids is 2. The topological polar surface area (TPSA) is 106 Å². The first kappa shape index (κ1) is 37.5. The summed E-state index contributed by atoms with van der Waals surface area (Å²) in [6, 6.07) is 22.9. The fourth-order valence-electron chi connectivity index (χ4n) is 12.1. The molecule has 8 atom stereocenters. The summed E-state index contributed by atoms with van der Waals surface area (Å²) in [5.74, 6) is 1.93. The zero-order valence-corrected chi connectivity index (χ0v) is 32.8. The molecule has 2 N–H and O–H groups in total. The number of ether oxygens (including phenoxy) is 3. The van der Waals surface area contributed by atoms with Crippen LogP contribution in [-0.4, -0.2) is 66.4 Å². The summed E-state index contributed by atoms with van der Waals surface area (Å²) in [5.41, 5.74) is 0.287. The molecule has 8 nitrogen and oxygen atoms in total. The number of nitrogens with zero attached hydrogens (tertiary/aromatic N) is 1. The summed E-state index contributed by atoms with van der Waals surface area (Å²) in [6.07, 6.45) is 11.8. The Morgan fingerprint density at radius 2 is 1.47 bits per heavy atom. The van der Waals surface area contributed by atoms with E-state index in [0.29, 0.717) is 42.2 Å². The summed E-state index contributed by atoms with van der Waals surface area (Å²) in [7, 11) is 4.80. The predicted octanol–water partition coefficient (Wildman–Crippen LogP) is 7.76. The number of hydrogen-bond donors (Lipinski definition) is 2. The highest BCUT2D eigenvalue weighted by atomic mass is 16.5. The van der Waals surface area contributed by atoms with Crippen molar-refractivity contribution < 1.29 is 34.0 Å². The third-order valence-corrected chi connectivity index (χ3v) is 15.1. The Morgan fingerprint density at radius 3 is 2.18 bits per heavy atom. The van der Waals surface area contributed by atoms with Gasteiger partial charge in [0.1, 0.15) is 5.75 Å². The minimum absolute atomic E-state index is 0.00832. The van der Waals surface area contributed by atoms with E-state index >= 15 is 0 Å². The Morgan fingerprint density at radius 1 is 0.782 bits per heavy atom. The summed E-state index contributed by atoms with van der Waals surface area (Å²) >= 11 is 0. The lowest BCUT2D eigenvalue weighted by atomic mass is 9.32. The van der Waals surface area contributed by atoms with Crippen LogP contribution >= 0.6 is 0 Å². The van der Waals surface area contributed by atoms with Crippen molar-refractivity contribution in [2.75, 3.05) is 27.9 Å². The second kappa shape index (κ2) is 13.7. The van der Waals surface area contributed by atoms with E-state index in [1.165, 1.54) is 0 Å². The third kappa shape index (κ3) is 5.68. The van der Waals surface area contributed by atoms with Gasteiger partial charge in [-0.1, -0.05) is 68.5 Å². The second-order valence-electron chi connectivity index (χ2n) is 17.5. The molecule has 8 heteroatoms. The molecule has 0 radical (unpaired) electrons. The van der Waals surface area contributed by atoms with Crippen LogP contribution in [0.15, 0.2) is 96.6 Å². The molecule has 9 rings (SSSR count). The average molecular weight is 746 g/mol. The zero-order chi connectivity index (χ0) is 38.8. The molecule has 1 amide bonds. The number of carbonyl (C=O) groups is 2. The second-order valence-corrected chi connectivity index (χ2v) is 17.5. The molecule has 0 heterocycles. The van der Waals surface area contributed by atoms with Gasteiger partial charge in [-0.15, -0.1) is 0 Å². The molecule has 6 aliphatic carbocycles. The fraction of sp³-hybridized carbons (Fsp3) is 0.489. The highest BCUT2D eigenvalue weighted by molar-refractivity contribution is 6.10. The Balaban J connectivity index is 1.17. The van der Waals surface area contributed by atoms with Gasteiger partial charge in [0.25, 0.3) is 0 Å². The first-order chi connectivity index (χ1) is 26.3. The van der Waals surface area contributed by atoms with Crippen LogP contribution in [0.4, 0.5) is 0 Å². The van der Waals surface area contributed by atoms with Crippen molar-refractivity contribution in [3.05, 3.63) is 113 Å². The minimum atomic E-state index is -1.20. The van der Waals surface area contributed by atoms with Crippen LogP contribution in [-0.2, 0) is 17.8 Å². The zero-order valence-electron chi connectivity index (χ0n) is 32.8. The normalized spacial score (nSPS) is 34.2. The van der Waals surface area contributed by atoms with Crippen LogP contribution in [0.2, 0.25) is 0 Å². The van der Waals surface area contributed by atoms with Gasteiger partial charge >= 0.3 is 0 Å². The molecule has 0 saturated heterocycles. The van der Waals surface area contributed by atoms with Crippen molar-refractivity contribution in [3.8, 4) is 17.2 Å². The number of benzene rings is 3. The lowest BCUT2D eigenvalue weighted by Gasteiger charge is -2.71. The molecule has 0 aliphatic heterocycles. The highest BCUT2D eigenvalue weighted by Crippen LogP contribution is 2.78. The van der Waals surface area contributed by atoms with Crippen LogP contribution in [0.5, 0.6) is 17.2 Å². The van der Waals surface area contributed by atoms with Crippen LogP contribution < -0.4 is 14.2 Å². The monoisotopic (exact) mass is 745 g/mol. The maximum atomic E-state index is 14.9. The molecule has 290 valence electrons. The Kier molecular flexibility index (Phi) is 9.32. The maximum Gasteiger partial charge on any atom is 0.227 e. The first-order valence-corrected chi connectivity index (χ1v) is 19.9. The molecule has 55 heavy (non-hydrogen) atoms. The predicted molar refractivity (Wildman–Crippen MR) is 211 cm³/mol. The lowest BCUT2D eigenvalue weighted by Crippen LogP contribution is -2.67. The van der Waals surface area contributed by atoms with E-state index in [1.807, 2.05) is 77.7 Å². The molecular formula is C47H55NO7. The smallest absolute Gasteiger partial charge is 0.227 e. The number of Topliss-reactive ketones (excluding diaryl/α,β-unsaturated/α-hetero) is 1. The molecular weight excluding hydrogens is 691 g/mol. The van der Waals surface area contributed by atoms with Gasteiger partial charge in [-0.2, -0.15) is 0 Å². The number of aliphatic hydroxyl groups is 2. The van der Waals surface area contributed by atoms with E-state index in [-0.39, 0.29) is 41.9 Å². The van der Waals surface area contributed by atoms with Gasteiger partial charge in [-0.05, 0) is 110 Å². The van der Waals surface area contributed by atoms with Gasteiger partial charge < -0.3 is 29.3 Å². The van der Waals surface area contributed by atoms with Crippen molar-refractivity contribution in [2.24, 2.45) is 33.5 Å². The van der Waals surface area contributed by atoms with Crippen LogP contribution in [0.3, 0.4) is 0 Å². The number of rotatable bonds is 11. The number of allylic oxidation sites excluding steroid dienone is 4. The molecule has 3 aromatic rings. The van der Waals surface area contributed by atoms with E-state index in [1.54, 1.807) is 21.3 Å². The van der Waals surface area contributed by atoms with Gasteiger partial charge in [0.15, 0.2) is 17.3 Å². The van der Waals surface area contributed by atoms with E-state index in [2.05, 4.69) is 32.1 Å². The number of ketones is 1. The molecule has 0 aromatic heterocycles. The Labute approximate surface area is 325 Å². The standard InChI is InChI=1S/C47H55NO7/c1-43-20-17-34(49)27-45(43)23-24-47(36(28-45)42(51)33-12-14-35(53-3)15-13-33)39(43)18-21-44(2)40(47)19-22-46(44,52)30-48(29-31-9-7-6-8-10-31)41(50)26-32-11-16-37(54-4)38(25-32)55-5/h6-16,23-25,28,34,39-40,49,52H,17-22,26-27,29-30H2,1-5H3. The molecule has 3 aromatic carbocycles. The molecule has 2 bridgehead atoms. The number of amides is 1. The molecule has 3 fully saturated rings. The van der Waals surface area contributed by atoms with Crippen molar-refractivity contribution in [2.45, 2.75) is 83.5 Å². The minimum Gasteiger partial charge on any atom is -0.497 e. The summed E-state index contributed by atoms with van der Waals surface area (Å²) in [5, 5.41) is 24.3. The highest BCUT2D eigenvalue weighted by Gasteiger charge is 2.74. The SMILES string of the molecule is COc1ccc(C(=O)C2=CC34C=CC25C(CCC2(C)C5CCC2(O)CN(Cc2ccccc2)C(=O)Cc2ccc(OC)c(OC)c2)C3(C)CCC(O)C4)cc1. The Hall–Kier alpha value is -4.40. The number of fused-ring (bicyclic) bond motifs is 1. The van der Waals surface area contributed by atoms with Gasteiger partial charge in [0.05, 0.1) is 46.0 Å². The van der Waals surface area contributed by atoms with Crippen molar-refractivity contribution >= 4 is 11.7 Å². The van der Waals surface area contributed by atoms with Gasteiger partial charge in [-0.25, -0.2) is 0 Å². The summed E-state index contributed by atoms with van der Waals surface area (Å²) < 4.78 is 16.4. The number of aliphatic hydroxyl groups excluding tert-OH is 1. The Bertz CT molecular complexity index is 2030. The van der Waals surface area contributed by atoms with Gasteiger partial charge in [0, 0.05) is 33.9 Å². The van der Waals surface area contributed by atoms with E-state index in [4.69, 9.17) is 14.2 Å². The van der Waals surface area contributed by atoms with Gasteiger partial charge in [0.2, 0.25) is 5.91 Å². The number of hydrogen-bond acceptors (Lipinski definition) is 7. The summed E-state index contributed by atoms with van der Waals surface area (Å²) in [6.45, 7) is 5.17. The van der Waals surface area contributed by atoms with Crippen LogP contribution in [0.1, 0.15) is 80.3 Å². The van der Waals surface area contributed by atoms with Crippen molar-refractivity contribution in [1.29, 1.82) is 0 Å². The molecule has 6 aliphatic rings. The van der Waals surface area contributed by atoms with E-state index < -0.39 is 27.9 Å². The van der Waals surface area contributed by atoms with Gasteiger partial charge in [-0.3, -0.25) is 9.59 Å². The maximum absolute atomic E-state index is 14.9. The largest absolute Gasteiger partial charge is 0.497 e. The average Bonchev–Trinajstić information content (AvgIpc) is 3.47. The lowest BCUT2D eigenvalue weighted by molar-refractivity contribution is -0.178.